The van der Waals surface area contributed by atoms with Gasteiger partial charge in [-0.05, 0) is 157 Å². The van der Waals surface area contributed by atoms with E-state index in [4.69, 9.17) is 13.1 Å². The van der Waals surface area contributed by atoms with Gasteiger partial charge in [0.25, 0.3) is 0 Å². The lowest BCUT2D eigenvalue weighted by Gasteiger charge is -2.13. The number of benzene rings is 8. The van der Waals surface area contributed by atoms with Crippen LogP contribution in [0.15, 0.2) is 200 Å². The van der Waals surface area contributed by atoms with Crippen LogP contribution in [-0.4, -0.2) is 57.4 Å². The number of fused-ring (bicyclic) bond motifs is 2. The van der Waals surface area contributed by atoms with Gasteiger partial charge in [0, 0.05) is 11.1 Å². The third kappa shape index (κ3) is 12.7. The van der Waals surface area contributed by atoms with E-state index in [1.165, 1.54) is 72.8 Å². The molecule has 75 heavy (non-hydrogen) atoms. The molecular formula is C50H34F6N2O13S4. The molecule has 0 unspecified atom stereocenters. The minimum absolute atomic E-state index is 0.101. The van der Waals surface area contributed by atoms with Crippen LogP contribution in [0.5, 0.6) is 23.0 Å². The molecule has 388 valence electrons. The van der Waals surface area contributed by atoms with Crippen LogP contribution >= 0.6 is 0 Å². The molecule has 8 rings (SSSR count). The Morgan fingerprint density at radius 1 is 0.360 bits per heavy atom. The highest BCUT2D eigenvalue weighted by atomic mass is 32.2. The molecule has 0 saturated carbocycles. The average Bonchev–Trinajstić information content (AvgIpc) is 3.34. The fourth-order valence-corrected chi connectivity index (χ4v) is 10.2. The second-order valence-corrected chi connectivity index (χ2v) is 22.3. The Kier molecular flexibility index (Phi) is 14.5. The number of halogens is 6. The van der Waals surface area contributed by atoms with Gasteiger partial charge in [-0.1, -0.05) is 70.0 Å². The van der Waals surface area contributed by atoms with Crippen LogP contribution < -0.4 is 13.1 Å². The Morgan fingerprint density at radius 2 is 0.653 bits per heavy atom. The molecule has 0 aliphatic rings. The Labute approximate surface area is 424 Å². The third-order valence-electron chi connectivity index (χ3n) is 10.7. The first kappa shape index (κ1) is 53.3. The van der Waals surface area contributed by atoms with Gasteiger partial charge in [0.15, 0.2) is 11.4 Å². The summed E-state index contributed by atoms with van der Waals surface area (Å²) in [6.45, 7) is 3.54. The van der Waals surface area contributed by atoms with Crippen molar-refractivity contribution < 1.29 is 81.7 Å². The molecule has 0 aromatic heterocycles. The number of oxime groups is 2. The van der Waals surface area contributed by atoms with Crippen LogP contribution in [-0.2, 0) is 49.0 Å². The van der Waals surface area contributed by atoms with E-state index in [-0.39, 0.29) is 43.6 Å². The van der Waals surface area contributed by atoms with E-state index in [0.717, 1.165) is 83.9 Å². The maximum atomic E-state index is 14.2. The lowest BCUT2D eigenvalue weighted by molar-refractivity contribution is -0.0606. The van der Waals surface area contributed by atoms with E-state index < -0.39 is 85.2 Å². The zero-order valence-electron chi connectivity index (χ0n) is 38.3. The predicted molar refractivity (Wildman–Crippen MR) is 261 cm³/mol. The molecule has 0 spiro atoms. The van der Waals surface area contributed by atoms with Gasteiger partial charge in [0.1, 0.15) is 42.6 Å². The van der Waals surface area contributed by atoms with E-state index in [1.54, 1.807) is 38.1 Å². The minimum Gasteiger partial charge on any atom is -0.457 e. The van der Waals surface area contributed by atoms with Gasteiger partial charge in [-0.15, -0.1) is 0 Å². The van der Waals surface area contributed by atoms with Crippen molar-refractivity contribution in [2.45, 2.75) is 45.8 Å². The standard InChI is InChI=1S/C50H34F6N2O13S4/c1-31-3-21-43(22-4-31)72(59,60)68-41-19-11-37-29-45(25-13-35(37)27-41)74(63,64)70-57-47(49(51,52)53)33-7-15-39(16-8-33)67-40-17-9-34(10-18-40)48(50(54,55)56)58-71-75(65,66)46-26-14-36-28-42(20-12-38(36)30-46)69-73(61,62)44-23-5-32(2)6-24-44/h3-30H,1-2H3. The fourth-order valence-electron chi connectivity index (χ4n) is 6.87. The molecule has 0 radical (unpaired) electrons. The molecule has 8 aromatic rings. The second-order valence-electron chi connectivity index (χ2n) is 16.1. The number of hydrogen-bond donors (Lipinski definition) is 0. The number of rotatable bonds is 16. The summed E-state index contributed by atoms with van der Waals surface area (Å²) in [6, 6.07) is 33.7. The first-order chi connectivity index (χ1) is 35.1. The summed E-state index contributed by atoms with van der Waals surface area (Å²) >= 11 is 0. The van der Waals surface area contributed by atoms with E-state index in [9.17, 15) is 60.0 Å². The van der Waals surface area contributed by atoms with Gasteiger partial charge in [0.05, 0.1) is 0 Å². The quantitative estimate of drug-likeness (QED) is 0.0382. The number of ether oxygens (including phenoxy) is 1. The molecule has 0 fully saturated rings. The monoisotopic (exact) mass is 1110 g/mol. The number of alkyl halides is 6. The molecule has 0 aliphatic carbocycles. The molecular weight excluding hydrogens is 1080 g/mol. The van der Waals surface area contributed by atoms with Gasteiger partial charge in [-0.2, -0.15) is 60.0 Å². The average molecular weight is 1110 g/mol. The first-order valence-electron chi connectivity index (χ1n) is 21.3. The predicted octanol–water partition coefficient (Wildman–Crippen LogP) is 11.3. The SMILES string of the molecule is Cc1ccc(S(=O)(=O)Oc2ccc3cc(S(=O)(=O)ON=C(c4ccc(Oc5ccc(C(=NOS(=O)(=O)c6ccc7cc(OS(=O)(=O)c8ccc(C)cc8)ccc7c6)C(F)(F)F)cc5)cc4)C(F)(F)F)ccc3c2)cc1. The van der Waals surface area contributed by atoms with E-state index in [0.29, 0.717) is 10.8 Å². The van der Waals surface area contributed by atoms with Crippen molar-refractivity contribution in [2.75, 3.05) is 0 Å². The Bertz CT molecular complexity index is 3740. The van der Waals surface area contributed by atoms with Crippen molar-refractivity contribution in [1.82, 2.24) is 0 Å². The number of hydrogen-bond acceptors (Lipinski definition) is 15. The molecule has 0 heterocycles. The summed E-state index contributed by atoms with van der Waals surface area (Å²) in [5.41, 5.74) is -3.25. The highest BCUT2D eigenvalue weighted by Crippen LogP contribution is 2.32. The molecule has 0 N–H and O–H groups in total. The van der Waals surface area contributed by atoms with Gasteiger partial charge < -0.3 is 13.1 Å². The van der Waals surface area contributed by atoms with Crippen LogP contribution in [0.25, 0.3) is 21.5 Å². The Morgan fingerprint density at radius 3 is 0.987 bits per heavy atom. The minimum atomic E-state index is -5.26. The van der Waals surface area contributed by atoms with Crippen LogP contribution in [0, 0.1) is 13.8 Å². The van der Waals surface area contributed by atoms with Crippen LogP contribution in [0.2, 0.25) is 0 Å². The summed E-state index contributed by atoms with van der Waals surface area (Å²) < 4.78 is 214. The lowest BCUT2D eigenvalue weighted by Crippen LogP contribution is -2.25. The van der Waals surface area contributed by atoms with Crippen molar-refractivity contribution in [3.8, 4) is 23.0 Å². The van der Waals surface area contributed by atoms with Gasteiger partial charge in [-0.25, -0.2) is 0 Å². The molecule has 8 aromatic carbocycles. The smallest absolute Gasteiger partial charge is 0.437 e. The number of aryl methyl sites for hydroxylation is 2. The van der Waals surface area contributed by atoms with E-state index in [2.05, 4.69) is 18.9 Å². The summed E-state index contributed by atoms with van der Waals surface area (Å²) in [5.74, 6) is -0.471. The molecule has 15 nitrogen and oxygen atoms in total. The molecule has 0 amide bonds. The summed E-state index contributed by atoms with van der Waals surface area (Å²) in [5, 5.41) is 6.92. The molecule has 0 aliphatic heterocycles. The molecule has 25 heteroatoms. The molecule has 0 atom stereocenters. The van der Waals surface area contributed by atoms with Gasteiger partial charge in [-0.3, -0.25) is 8.57 Å². The molecule has 0 bridgehead atoms. The number of nitrogens with zero attached hydrogens (tertiary/aromatic N) is 2. The highest BCUT2D eigenvalue weighted by molar-refractivity contribution is 7.87. The molecule has 0 saturated heterocycles. The Balaban J connectivity index is 0.919. The van der Waals surface area contributed by atoms with E-state index >= 15 is 0 Å². The largest absolute Gasteiger partial charge is 0.457 e. The summed E-state index contributed by atoms with van der Waals surface area (Å²) in [7, 11) is -18.4. The summed E-state index contributed by atoms with van der Waals surface area (Å²) in [6.07, 6.45) is -10.5. The van der Waals surface area contributed by atoms with E-state index in [1.807, 2.05) is 0 Å². The van der Waals surface area contributed by atoms with Gasteiger partial charge in [0.2, 0.25) is 0 Å². The summed E-state index contributed by atoms with van der Waals surface area (Å²) in [4.78, 5) is -1.40. The van der Waals surface area contributed by atoms with Crippen molar-refractivity contribution in [3.05, 3.63) is 192 Å². The maximum absolute atomic E-state index is 14.2. The van der Waals surface area contributed by atoms with Crippen molar-refractivity contribution in [3.63, 3.8) is 0 Å². The van der Waals surface area contributed by atoms with Crippen LogP contribution in [0.1, 0.15) is 22.3 Å². The third-order valence-corrected chi connectivity index (χ3v) is 15.4. The highest BCUT2D eigenvalue weighted by Gasteiger charge is 2.40. The lowest BCUT2D eigenvalue weighted by atomic mass is 10.1. The zero-order valence-corrected chi connectivity index (χ0v) is 41.5. The van der Waals surface area contributed by atoms with Crippen LogP contribution in [0.3, 0.4) is 0 Å². The van der Waals surface area contributed by atoms with Crippen molar-refractivity contribution in [2.24, 2.45) is 10.3 Å². The fraction of sp³-hybridized carbons (Fsp3) is 0.0800. The second kappa shape index (κ2) is 20.4. The van der Waals surface area contributed by atoms with Crippen molar-refractivity contribution >= 4 is 73.4 Å². The Hall–Kier alpha value is -8.00. The topological polar surface area (TPSA) is 207 Å². The maximum Gasteiger partial charge on any atom is 0.437 e. The van der Waals surface area contributed by atoms with Crippen LogP contribution in [0.4, 0.5) is 26.3 Å². The van der Waals surface area contributed by atoms with Crippen molar-refractivity contribution in [1.29, 1.82) is 0 Å². The zero-order chi connectivity index (χ0) is 54.1. The normalized spacial score (nSPS) is 13.1. The van der Waals surface area contributed by atoms with Gasteiger partial charge >= 0.3 is 52.8 Å². The first-order valence-corrected chi connectivity index (χ1v) is 26.9.